The van der Waals surface area contributed by atoms with Crippen molar-refractivity contribution in [1.82, 2.24) is 5.32 Å². The lowest BCUT2D eigenvalue weighted by atomic mass is 10.1. The molecule has 0 aromatic heterocycles. The first-order valence-corrected chi connectivity index (χ1v) is 6.94. The molecule has 0 saturated heterocycles. The van der Waals surface area contributed by atoms with Gasteiger partial charge < -0.3 is 10.1 Å². The van der Waals surface area contributed by atoms with Crippen LogP contribution in [0.3, 0.4) is 0 Å². The summed E-state index contributed by atoms with van der Waals surface area (Å²) in [6.07, 6.45) is 2.05. The summed E-state index contributed by atoms with van der Waals surface area (Å²) in [5, 5.41) is 2.90. The van der Waals surface area contributed by atoms with Crippen LogP contribution >= 0.6 is 11.8 Å². The van der Waals surface area contributed by atoms with Crippen LogP contribution in [0.4, 0.5) is 0 Å². The Hall–Kier alpha value is -1.00. The van der Waals surface area contributed by atoms with Crippen LogP contribution in [-0.2, 0) is 10.5 Å². The van der Waals surface area contributed by atoms with Crippen LogP contribution in [0.15, 0.2) is 24.3 Å². The molecule has 94 valence electrons. The van der Waals surface area contributed by atoms with E-state index in [1.807, 2.05) is 37.4 Å². The summed E-state index contributed by atoms with van der Waals surface area (Å²) in [5.74, 6) is 0.881. The van der Waals surface area contributed by atoms with E-state index >= 15 is 0 Å². The van der Waals surface area contributed by atoms with E-state index in [9.17, 15) is 4.79 Å². The van der Waals surface area contributed by atoms with E-state index in [2.05, 4.69) is 5.32 Å². The molecule has 0 bridgehead atoms. The van der Waals surface area contributed by atoms with Crippen molar-refractivity contribution in [3.63, 3.8) is 0 Å². The highest BCUT2D eigenvalue weighted by Crippen LogP contribution is 2.11. The lowest BCUT2D eigenvalue weighted by molar-refractivity contribution is 0.0905. The number of nitrogens with one attached hydrogen (secondary N) is 1. The smallest absolute Gasteiger partial charge is 0.251 e. The van der Waals surface area contributed by atoms with Crippen molar-refractivity contribution in [1.29, 1.82) is 0 Å². The van der Waals surface area contributed by atoms with Crippen molar-refractivity contribution in [2.45, 2.75) is 18.7 Å². The number of thioether (sulfide) groups is 1. The van der Waals surface area contributed by atoms with Gasteiger partial charge in [-0.1, -0.05) is 12.1 Å². The SMILES string of the molecule is COC[C@@H](C)NC(=O)c1cccc(CSC)c1. The van der Waals surface area contributed by atoms with Gasteiger partial charge >= 0.3 is 0 Å². The number of amides is 1. The second-order valence-corrected chi connectivity index (χ2v) is 4.83. The number of rotatable bonds is 6. The Morgan fingerprint density at radius 1 is 1.53 bits per heavy atom. The lowest BCUT2D eigenvalue weighted by Gasteiger charge is -2.13. The molecule has 1 amide bonds. The third-order valence-corrected chi connectivity index (χ3v) is 2.92. The molecule has 0 heterocycles. The first kappa shape index (κ1) is 14.1. The zero-order valence-corrected chi connectivity index (χ0v) is 11.3. The van der Waals surface area contributed by atoms with Gasteiger partial charge in [-0.2, -0.15) is 11.8 Å². The zero-order chi connectivity index (χ0) is 12.7. The van der Waals surface area contributed by atoms with Crippen LogP contribution in [0.2, 0.25) is 0 Å². The van der Waals surface area contributed by atoms with Gasteiger partial charge in [0.2, 0.25) is 0 Å². The maximum atomic E-state index is 11.9. The third-order valence-electron chi connectivity index (χ3n) is 2.29. The number of methoxy groups -OCH3 is 1. The predicted octanol–water partition coefficient (Wildman–Crippen LogP) is 2.31. The molecule has 0 aliphatic rings. The molecule has 17 heavy (non-hydrogen) atoms. The van der Waals surface area contributed by atoms with Crippen LogP contribution in [0.1, 0.15) is 22.8 Å². The monoisotopic (exact) mass is 253 g/mol. The van der Waals surface area contributed by atoms with Gasteiger partial charge in [0, 0.05) is 24.5 Å². The van der Waals surface area contributed by atoms with Crippen LogP contribution in [-0.4, -0.2) is 31.9 Å². The summed E-state index contributed by atoms with van der Waals surface area (Å²) in [5.41, 5.74) is 1.88. The highest BCUT2D eigenvalue weighted by Gasteiger charge is 2.09. The molecule has 1 rings (SSSR count). The molecular formula is C13H19NO2S. The lowest BCUT2D eigenvalue weighted by Crippen LogP contribution is -2.35. The first-order chi connectivity index (χ1) is 8.17. The zero-order valence-electron chi connectivity index (χ0n) is 10.5. The van der Waals surface area contributed by atoms with Crippen molar-refractivity contribution in [2.24, 2.45) is 0 Å². The standard InChI is InChI=1S/C13H19NO2S/c1-10(8-16-2)14-13(15)12-6-4-5-11(7-12)9-17-3/h4-7,10H,8-9H2,1-3H3,(H,14,15)/t10-/m1/s1. The van der Waals surface area contributed by atoms with Crippen LogP contribution in [0.5, 0.6) is 0 Å². The summed E-state index contributed by atoms with van der Waals surface area (Å²) in [4.78, 5) is 11.9. The topological polar surface area (TPSA) is 38.3 Å². The summed E-state index contributed by atoms with van der Waals surface area (Å²) in [6.45, 7) is 2.45. The molecule has 1 atom stereocenters. The molecule has 1 aromatic rings. The molecule has 0 aliphatic heterocycles. The van der Waals surface area contributed by atoms with Crippen LogP contribution in [0.25, 0.3) is 0 Å². The molecule has 4 heteroatoms. The number of hydrogen-bond donors (Lipinski definition) is 1. The van der Waals surface area contributed by atoms with Gasteiger partial charge in [-0.15, -0.1) is 0 Å². The van der Waals surface area contributed by atoms with Crippen molar-refractivity contribution in [3.8, 4) is 0 Å². The second-order valence-electron chi connectivity index (χ2n) is 3.96. The quantitative estimate of drug-likeness (QED) is 0.845. The molecule has 0 fully saturated rings. The van der Waals surface area contributed by atoms with Crippen LogP contribution in [0, 0.1) is 0 Å². The number of carbonyl (C=O) groups excluding carboxylic acids is 1. The van der Waals surface area contributed by atoms with Gasteiger partial charge in [0.15, 0.2) is 0 Å². The highest BCUT2D eigenvalue weighted by molar-refractivity contribution is 7.97. The van der Waals surface area contributed by atoms with Crippen molar-refractivity contribution in [2.75, 3.05) is 20.0 Å². The number of carbonyl (C=O) groups is 1. The molecule has 0 unspecified atom stereocenters. The van der Waals surface area contributed by atoms with Crippen molar-refractivity contribution in [3.05, 3.63) is 35.4 Å². The molecule has 3 nitrogen and oxygen atoms in total. The molecular weight excluding hydrogens is 234 g/mol. The molecule has 1 N–H and O–H groups in total. The Labute approximate surface area is 107 Å². The van der Waals surface area contributed by atoms with Gasteiger partial charge in [0.05, 0.1) is 6.61 Å². The molecule has 0 spiro atoms. The fourth-order valence-corrected chi connectivity index (χ4v) is 2.08. The molecule has 0 saturated carbocycles. The number of ether oxygens (including phenoxy) is 1. The van der Waals surface area contributed by atoms with Crippen LogP contribution < -0.4 is 5.32 Å². The minimum atomic E-state index is -0.0440. The first-order valence-electron chi connectivity index (χ1n) is 5.55. The average molecular weight is 253 g/mol. The summed E-state index contributed by atoms with van der Waals surface area (Å²) < 4.78 is 4.98. The Morgan fingerprint density at radius 2 is 2.29 bits per heavy atom. The van der Waals surface area contributed by atoms with Gasteiger partial charge in [0.1, 0.15) is 0 Å². The molecule has 0 aliphatic carbocycles. The fourth-order valence-electron chi connectivity index (χ4n) is 1.57. The second kappa shape index (κ2) is 7.35. The largest absolute Gasteiger partial charge is 0.383 e. The highest BCUT2D eigenvalue weighted by atomic mass is 32.2. The van der Waals surface area contributed by atoms with E-state index in [0.717, 1.165) is 5.75 Å². The van der Waals surface area contributed by atoms with E-state index in [-0.39, 0.29) is 11.9 Å². The number of benzene rings is 1. The van der Waals surface area contributed by atoms with Gasteiger partial charge in [0.25, 0.3) is 5.91 Å². The van der Waals surface area contributed by atoms with E-state index < -0.39 is 0 Å². The average Bonchev–Trinajstić information content (AvgIpc) is 2.30. The maximum Gasteiger partial charge on any atom is 0.251 e. The summed E-state index contributed by atoms with van der Waals surface area (Å²) in [7, 11) is 1.63. The van der Waals surface area contributed by atoms with Crippen molar-refractivity contribution >= 4 is 17.7 Å². The fraction of sp³-hybridized carbons (Fsp3) is 0.462. The normalized spacial score (nSPS) is 12.2. The molecule has 1 aromatic carbocycles. The van der Waals surface area contributed by atoms with E-state index in [0.29, 0.717) is 12.2 Å². The predicted molar refractivity (Wildman–Crippen MR) is 72.5 cm³/mol. The van der Waals surface area contributed by atoms with E-state index in [4.69, 9.17) is 4.74 Å². The van der Waals surface area contributed by atoms with Gasteiger partial charge in [-0.3, -0.25) is 4.79 Å². The molecule has 0 radical (unpaired) electrons. The van der Waals surface area contributed by atoms with E-state index in [1.165, 1.54) is 5.56 Å². The summed E-state index contributed by atoms with van der Waals surface area (Å²) in [6, 6.07) is 7.74. The third kappa shape index (κ3) is 4.79. The maximum absolute atomic E-state index is 11.9. The Kier molecular flexibility index (Phi) is 6.08. The minimum Gasteiger partial charge on any atom is -0.383 e. The van der Waals surface area contributed by atoms with E-state index in [1.54, 1.807) is 18.9 Å². The Balaban J connectivity index is 2.65. The van der Waals surface area contributed by atoms with Gasteiger partial charge in [-0.25, -0.2) is 0 Å². The Bertz CT molecular complexity index is 368. The van der Waals surface area contributed by atoms with Crippen molar-refractivity contribution < 1.29 is 9.53 Å². The summed E-state index contributed by atoms with van der Waals surface area (Å²) >= 11 is 1.75. The van der Waals surface area contributed by atoms with Gasteiger partial charge in [-0.05, 0) is 30.9 Å². The number of hydrogen-bond acceptors (Lipinski definition) is 3. The minimum absolute atomic E-state index is 0.0247. The Morgan fingerprint density at radius 3 is 2.94 bits per heavy atom.